The number of aryl methyl sites for hydroxylation is 1. The van der Waals surface area contributed by atoms with Crippen LogP contribution >= 0.6 is 0 Å². The summed E-state index contributed by atoms with van der Waals surface area (Å²) in [6.07, 6.45) is 4.90. The summed E-state index contributed by atoms with van der Waals surface area (Å²) in [6, 6.07) is 4.04. The molecular weight excluding hydrogens is 212 g/mol. The molecule has 0 aliphatic heterocycles. The van der Waals surface area contributed by atoms with Crippen LogP contribution < -0.4 is 11.1 Å². The minimum Gasteiger partial charge on any atom is -0.465 e. The molecule has 0 spiro atoms. The maximum atomic E-state index is 5.59. The maximum absolute atomic E-state index is 5.59. The van der Waals surface area contributed by atoms with E-state index in [-0.39, 0.29) is 0 Å². The van der Waals surface area contributed by atoms with Crippen molar-refractivity contribution < 1.29 is 4.42 Å². The SMILES string of the molecule is CCC(CCN)CCCNCc1ccc(C)o1. The van der Waals surface area contributed by atoms with Gasteiger partial charge >= 0.3 is 0 Å². The fraction of sp³-hybridized carbons (Fsp3) is 0.714. The zero-order chi connectivity index (χ0) is 12.5. The predicted molar refractivity (Wildman–Crippen MR) is 71.8 cm³/mol. The average molecular weight is 238 g/mol. The van der Waals surface area contributed by atoms with Gasteiger partial charge in [0.2, 0.25) is 0 Å². The molecule has 0 aliphatic carbocycles. The second kappa shape index (κ2) is 8.31. The van der Waals surface area contributed by atoms with E-state index in [4.69, 9.17) is 10.2 Å². The highest BCUT2D eigenvalue weighted by Gasteiger charge is 2.04. The van der Waals surface area contributed by atoms with Gasteiger partial charge in [-0.1, -0.05) is 13.3 Å². The minimum atomic E-state index is 0.799. The van der Waals surface area contributed by atoms with Crippen molar-refractivity contribution in [3.63, 3.8) is 0 Å². The summed E-state index contributed by atoms with van der Waals surface area (Å²) < 4.78 is 5.49. The van der Waals surface area contributed by atoms with Crippen molar-refractivity contribution in [2.45, 2.75) is 46.1 Å². The molecule has 1 aromatic rings. The number of furan rings is 1. The molecule has 1 unspecified atom stereocenters. The Morgan fingerprint density at radius 1 is 1.35 bits per heavy atom. The molecule has 0 aromatic carbocycles. The molecule has 0 saturated carbocycles. The van der Waals surface area contributed by atoms with Crippen molar-refractivity contribution in [3.05, 3.63) is 23.7 Å². The molecule has 98 valence electrons. The Morgan fingerprint density at radius 2 is 2.18 bits per heavy atom. The molecule has 3 nitrogen and oxygen atoms in total. The summed E-state index contributed by atoms with van der Waals surface area (Å²) in [5, 5.41) is 3.41. The third-order valence-electron chi connectivity index (χ3n) is 3.21. The Morgan fingerprint density at radius 3 is 2.76 bits per heavy atom. The van der Waals surface area contributed by atoms with Crippen molar-refractivity contribution in [1.82, 2.24) is 5.32 Å². The molecule has 0 fully saturated rings. The summed E-state index contributed by atoms with van der Waals surface area (Å²) in [5.74, 6) is 2.81. The minimum absolute atomic E-state index is 0.799. The third-order valence-corrected chi connectivity index (χ3v) is 3.21. The predicted octanol–water partition coefficient (Wildman–Crippen LogP) is 2.83. The Balaban J connectivity index is 2.04. The Kier molecular flexibility index (Phi) is 6.97. The van der Waals surface area contributed by atoms with Crippen molar-refractivity contribution >= 4 is 0 Å². The van der Waals surface area contributed by atoms with E-state index in [9.17, 15) is 0 Å². The van der Waals surface area contributed by atoms with Crippen molar-refractivity contribution in [2.75, 3.05) is 13.1 Å². The van der Waals surface area contributed by atoms with Crippen LogP contribution in [0.25, 0.3) is 0 Å². The first-order chi connectivity index (χ1) is 8.26. The van der Waals surface area contributed by atoms with Gasteiger partial charge < -0.3 is 15.5 Å². The Hall–Kier alpha value is -0.800. The first kappa shape index (κ1) is 14.3. The molecule has 0 bridgehead atoms. The van der Waals surface area contributed by atoms with E-state index in [0.717, 1.165) is 43.5 Å². The number of hydrogen-bond donors (Lipinski definition) is 2. The smallest absolute Gasteiger partial charge is 0.117 e. The van der Waals surface area contributed by atoms with Crippen molar-refractivity contribution in [3.8, 4) is 0 Å². The van der Waals surface area contributed by atoms with Crippen molar-refractivity contribution in [2.24, 2.45) is 11.7 Å². The lowest BCUT2D eigenvalue weighted by Gasteiger charge is -2.13. The Bertz CT molecular complexity index is 296. The van der Waals surface area contributed by atoms with Gasteiger partial charge in [-0.05, 0) is 57.3 Å². The van der Waals surface area contributed by atoms with Gasteiger partial charge in [0.25, 0.3) is 0 Å². The normalized spacial score (nSPS) is 12.9. The summed E-state index contributed by atoms with van der Waals surface area (Å²) >= 11 is 0. The molecule has 3 heteroatoms. The molecule has 0 aliphatic rings. The summed E-state index contributed by atoms with van der Waals surface area (Å²) in [5.41, 5.74) is 5.59. The van der Waals surface area contributed by atoms with Crippen LogP contribution in [0.5, 0.6) is 0 Å². The Labute approximate surface area is 105 Å². The molecule has 3 N–H and O–H groups in total. The fourth-order valence-electron chi connectivity index (χ4n) is 2.10. The van der Waals surface area contributed by atoms with E-state index >= 15 is 0 Å². The van der Waals surface area contributed by atoms with Gasteiger partial charge in [0, 0.05) is 0 Å². The van der Waals surface area contributed by atoms with E-state index < -0.39 is 0 Å². The van der Waals surface area contributed by atoms with Gasteiger partial charge in [0.1, 0.15) is 11.5 Å². The molecule has 1 rings (SSSR count). The summed E-state index contributed by atoms with van der Waals surface area (Å²) in [6.45, 7) is 6.93. The third kappa shape index (κ3) is 5.89. The highest BCUT2D eigenvalue weighted by Crippen LogP contribution is 2.13. The zero-order valence-corrected chi connectivity index (χ0v) is 11.2. The second-order valence-corrected chi connectivity index (χ2v) is 4.68. The van der Waals surface area contributed by atoms with Crippen LogP contribution in [0.3, 0.4) is 0 Å². The highest BCUT2D eigenvalue weighted by molar-refractivity contribution is 5.04. The van der Waals surface area contributed by atoms with Gasteiger partial charge in [-0.15, -0.1) is 0 Å². The van der Waals surface area contributed by atoms with Gasteiger partial charge in [-0.25, -0.2) is 0 Å². The first-order valence-electron chi connectivity index (χ1n) is 6.72. The number of hydrogen-bond acceptors (Lipinski definition) is 3. The van der Waals surface area contributed by atoms with E-state index in [1.165, 1.54) is 19.3 Å². The average Bonchev–Trinajstić information content (AvgIpc) is 2.73. The molecular formula is C14H26N2O. The molecule has 0 amide bonds. The topological polar surface area (TPSA) is 51.2 Å². The maximum Gasteiger partial charge on any atom is 0.117 e. The van der Waals surface area contributed by atoms with Crippen LogP contribution in [0.1, 0.15) is 44.1 Å². The van der Waals surface area contributed by atoms with E-state index in [0.29, 0.717) is 0 Å². The largest absolute Gasteiger partial charge is 0.465 e. The first-order valence-corrected chi connectivity index (χ1v) is 6.72. The number of rotatable bonds is 9. The van der Waals surface area contributed by atoms with E-state index in [1.54, 1.807) is 0 Å². The molecule has 1 heterocycles. The summed E-state index contributed by atoms with van der Waals surface area (Å²) in [7, 11) is 0. The molecule has 0 saturated heterocycles. The van der Waals surface area contributed by atoms with Crippen LogP contribution in [0, 0.1) is 12.8 Å². The van der Waals surface area contributed by atoms with Gasteiger partial charge in [-0.3, -0.25) is 0 Å². The lowest BCUT2D eigenvalue weighted by molar-refractivity contribution is 0.413. The summed E-state index contributed by atoms with van der Waals surface area (Å²) in [4.78, 5) is 0. The number of nitrogens with one attached hydrogen (secondary N) is 1. The van der Waals surface area contributed by atoms with Crippen LogP contribution in [-0.4, -0.2) is 13.1 Å². The van der Waals surface area contributed by atoms with Gasteiger partial charge in [0.15, 0.2) is 0 Å². The molecule has 0 radical (unpaired) electrons. The van der Waals surface area contributed by atoms with E-state index in [1.807, 2.05) is 19.1 Å². The van der Waals surface area contributed by atoms with E-state index in [2.05, 4.69) is 12.2 Å². The van der Waals surface area contributed by atoms with Crippen LogP contribution in [0.4, 0.5) is 0 Å². The van der Waals surface area contributed by atoms with Gasteiger partial charge in [0.05, 0.1) is 6.54 Å². The lowest BCUT2D eigenvalue weighted by Crippen LogP contribution is -2.16. The van der Waals surface area contributed by atoms with Crippen molar-refractivity contribution in [1.29, 1.82) is 0 Å². The quantitative estimate of drug-likeness (QED) is 0.650. The van der Waals surface area contributed by atoms with Crippen LogP contribution in [0.2, 0.25) is 0 Å². The molecule has 1 aromatic heterocycles. The zero-order valence-electron chi connectivity index (χ0n) is 11.2. The van der Waals surface area contributed by atoms with Crippen LogP contribution in [-0.2, 0) is 6.54 Å². The highest BCUT2D eigenvalue weighted by atomic mass is 16.3. The molecule has 1 atom stereocenters. The van der Waals surface area contributed by atoms with Crippen LogP contribution in [0.15, 0.2) is 16.5 Å². The standard InChI is InChI=1S/C14H26N2O/c1-3-13(8-9-15)5-4-10-16-11-14-7-6-12(2)17-14/h6-7,13,16H,3-5,8-11,15H2,1-2H3. The molecule has 17 heavy (non-hydrogen) atoms. The lowest BCUT2D eigenvalue weighted by atomic mass is 9.97. The number of nitrogens with two attached hydrogens (primary N) is 1. The monoisotopic (exact) mass is 238 g/mol. The second-order valence-electron chi connectivity index (χ2n) is 4.68. The fourth-order valence-corrected chi connectivity index (χ4v) is 2.10. The van der Waals surface area contributed by atoms with Gasteiger partial charge in [-0.2, -0.15) is 0 Å².